The van der Waals surface area contributed by atoms with E-state index in [0.29, 0.717) is 17.2 Å². The van der Waals surface area contributed by atoms with Crippen LogP contribution in [0.4, 0.5) is 0 Å². The van der Waals surface area contributed by atoms with Gasteiger partial charge in [0.15, 0.2) is 11.5 Å². The number of nitrogens with zero attached hydrogens (tertiary/aromatic N) is 1. The number of hydrogen-bond acceptors (Lipinski definition) is 4. The van der Waals surface area contributed by atoms with Crippen LogP contribution < -0.4 is 10.1 Å². The minimum atomic E-state index is -0.349. The van der Waals surface area contributed by atoms with E-state index in [4.69, 9.17) is 4.74 Å². The van der Waals surface area contributed by atoms with Crippen molar-refractivity contribution >= 4 is 12.0 Å². The standard InChI is InChI=1S/C18H22N2O3/c1-12-5-3-4-6-15(12)20-18(22)14(11-19)9-13-7-8-16(21)17(10-13)23-2/h7-10,12,15,21H,3-6H2,1-2H3,(H,20,22)/b14-9+/t12-,15-/m1/s1. The summed E-state index contributed by atoms with van der Waals surface area (Å²) in [5.74, 6) is 0.403. The third-order valence-corrected chi connectivity index (χ3v) is 4.31. The highest BCUT2D eigenvalue weighted by atomic mass is 16.5. The third kappa shape index (κ3) is 4.26. The van der Waals surface area contributed by atoms with Crippen molar-refractivity contribution in [3.8, 4) is 17.6 Å². The molecule has 0 radical (unpaired) electrons. The molecule has 1 saturated carbocycles. The number of nitriles is 1. The number of aromatic hydroxyl groups is 1. The van der Waals surface area contributed by atoms with Crippen molar-refractivity contribution in [3.05, 3.63) is 29.3 Å². The largest absolute Gasteiger partial charge is 0.504 e. The number of methoxy groups -OCH3 is 1. The molecular formula is C18H22N2O3. The van der Waals surface area contributed by atoms with Crippen molar-refractivity contribution in [2.75, 3.05) is 7.11 Å². The van der Waals surface area contributed by atoms with Crippen molar-refractivity contribution in [1.82, 2.24) is 5.32 Å². The molecule has 0 saturated heterocycles. The fourth-order valence-corrected chi connectivity index (χ4v) is 2.88. The SMILES string of the molecule is COc1cc(/C=C(\C#N)C(=O)N[C@@H]2CCCC[C@H]2C)ccc1O. The Morgan fingerprint density at radius 2 is 2.17 bits per heavy atom. The van der Waals surface area contributed by atoms with Gasteiger partial charge in [-0.15, -0.1) is 0 Å². The van der Waals surface area contributed by atoms with Gasteiger partial charge in [-0.1, -0.05) is 25.8 Å². The average Bonchev–Trinajstić information content (AvgIpc) is 2.56. The molecule has 2 atom stereocenters. The van der Waals surface area contributed by atoms with Crippen LogP contribution in [0.2, 0.25) is 0 Å². The molecule has 1 aliphatic rings. The third-order valence-electron chi connectivity index (χ3n) is 4.31. The molecule has 1 fully saturated rings. The van der Waals surface area contributed by atoms with Crippen LogP contribution >= 0.6 is 0 Å². The highest BCUT2D eigenvalue weighted by molar-refractivity contribution is 6.01. The van der Waals surface area contributed by atoms with Crippen LogP contribution in [0.3, 0.4) is 0 Å². The molecule has 1 aromatic rings. The number of carbonyl (C=O) groups is 1. The van der Waals surface area contributed by atoms with E-state index in [9.17, 15) is 15.2 Å². The van der Waals surface area contributed by atoms with Gasteiger partial charge in [-0.25, -0.2) is 0 Å². The molecule has 1 aliphatic carbocycles. The number of rotatable bonds is 4. The summed E-state index contributed by atoms with van der Waals surface area (Å²) in [5, 5.41) is 21.8. The number of hydrogen-bond donors (Lipinski definition) is 2. The lowest BCUT2D eigenvalue weighted by Gasteiger charge is -2.29. The maximum atomic E-state index is 12.3. The second kappa shape index (κ2) is 7.68. The maximum absolute atomic E-state index is 12.3. The summed E-state index contributed by atoms with van der Waals surface area (Å²) < 4.78 is 5.03. The summed E-state index contributed by atoms with van der Waals surface area (Å²) in [6, 6.07) is 6.77. The molecule has 0 bridgehead atoms. The van der Waals surface area contributed by atoms with Gasteiger partial charge in [0.25, 0.3) is 5.91 Å². The molecule has 2 N–H and O–H groups in total. The van der Waals surface area contributed by atoms with Gasteiger partial charge in [0, 0.05) is 6.04 Å². The Morgan fingerprint density at radius 1 is 1.43 bits per heavy atom. The van der Waals surface area contributed by atoms with Gasteiger partial charge in [0.1, 0.15) is 11.6 Å². The van der Waals surface area contributed by atoms with Crippen molar-refractivity contribution in [3.63, 3.8) is 0 Å². The molecule has 0 heterocycles. The molecule has 1 aromatic carbocycles. The van der Waals surface area contributed by atoms with Crippen LogP contribution in [0.1, 0.15) is 38.2 Å². The Bertz CT molecular complexity index is 646. The van der Waals surface area contributed by atoms with Crippen LogP contribution in [-0.2, 0) is 4.79 Å². The minimum absolute atomic E-state index is 0.0173. The first-order chi connectivity index (χ1) is 11.0. The van der Waals surface area contributed by atoms with E-state index in [1.807, 2.05) is 6.07 Å². The van der Waals surface area contributed by atoms with Gasteiger partial charge in [0.2, 0.25) is 0 Å². The fourth-order valence-electron chi connectivity index (χ4n) is 2.88. The molecule has 23 heavy (non-hydrogen) atoms. The highest BCUT2D eigenvalue weighted by Crippen LogP contribution is 2.27. The molecular weight excluding hydrogens is 292 g/mol. The zero-order valence-corrected chi connectivity index (χ0v) is 13.5. The Balaban J connectivity index is 2.15. The number of benzene rings is 1. The molecule has 0 spiro atoms. The first-order valence-electron chi connectivity index (χ1n) is 7.84. The topological polar surface area (TPSA) is 82.3 Å². The van der Waals surface area contributed by atoms with Crippen LogP contribution in [0.15, 0.2) is 23.8 Å². The van der Waals surface area contributed by atoms with Crippen molar-refractivity contribution in [2.24, 2.45) is 5.92 Å². The van der Waals surface area contributed by atoms with Crippen LogP contribution in [0.5, 0.6) is 11.5 Å². The van der Waals surface area contributed by atoms with Crippen molar-refractivity contribution in [2.45, 2.75) is 38.6 Å². The number of amides is 1. The minimum Gasteiger partial charge on any atom is -0.504 e. The van der Waals surface area contributed by atoms with Crippen molar-refractivity contribution in [1.29, 1.82) is 5.26 Å². The summed E-state index contributed by atoms with van der Waals surface area (Å²) >= 11 is 0. The number of carbonyl (C=O) groups excluding carboxylic acids is 1. The Labute approximate surface area is 136 Å². The Hall–Kier alpha value is -2.48. The zero-order chi connectivity index (χ0) is 16.8. The Morgan fingerprint density at radius 3 is 2.83 bits per heavy atom. The predicted octanol–water partition coefficient (Wildman–Crippen LogP) is 3.00. The van der Waals surface area contributed by atoms with Gasteiger partial charge < -0.3 is 15.2 Å². The lowest BCUT2D eigenvalue weighted by atomic mass is 9.86. The monoisotopic (exact) mass is 314 g/mol. The fraction of sp³-hybridized carbons (Fsp3) is 0.444. The first-order valence-corrected chi connectivity index (χ1v) is 7.84. The highest BCUT2D eigenvalue weighted by Gasteiger charge is 2.24. The lowest BCUT2D eigenvalue weighted by Crippen LogP contribution is -2.41. The Kier molecular flexibility index (Phi) is 5.64. The van der Waals surface area contributed by atoms with Crippen LogP contribution in [0, 0.1) is 17.2 Å². The normalized spacial score (nSPS) is 21.3. The number of nitrogens with one attached hydrogen (secondary N) is 1. The molecule has 5 nitrogen and oxygen atoms in total. The van der Waals surface area contributed by atoms with Gasteiger partial charge in [-0.05, 0) is 42.5 Å². The second-order valence-electron chi connectivity index (χ2n) is 5.94. The van der Waals surface area contributed by atoms with Crippen LogP contribution in [-0.4, -0.2) is 24.2 Å². The summed E-state index contributed by atoms with van der Waals surface area (Å²) in [7, 11) is 1.45. The quantitative estimate of drug-likeness (QED) is 0.661. The van der Waals surface area contributed by atoms with E-state index in [0.717, 1.165) is 19.3 Å². The molecule has 0 aromatic heterocycles. The van der Waals surface area contributed by atoms with Gasteiger partial charge in [0.05, 0.1) is 7.11 Å². The zero-order valence-electron chi connectivity index (χ0n) is 13.5. The van der Waals surface area contributed by atoms with E-state index in [-0.39, 0.29) is 23.3 Å². The summed E-state index contributed by atoms with van der Waals surface area (Å²) in [6.07, 6.45) is 5.87. The smallest absolute Gasteiger partial charge is 0.262 e. The van der Waals surface area contributed by atoms with E-state index in [1.165, 1.54) is 25.7 Å². The molecule has 122 valence electrons. The molecule has 0 unspecified atom stereocenters. The van der Waals surface area contributed by atoms with E-state index < -0.39 is 0 Å². The summed E-state index contributed by atoms with van der Waals surface area (Å²) in [6.45, 7) is 2.13. The average molecular weight is 314 g/mol. The lowest BCUT2D eigenvalue weighted by molar-refractivity contribution is -0.118. The van der Waals surface area contributed by atoms with E-state index >= 15 is 0 Å². The number of phenolic OH excluding ortho intramolecular Hbond substituents is 1. The van der Waals surface area contributed by atoms with Crippen molar-refractivity contribution < 1.29 is 14.6 Å². The second-order valence-corrected chi connectivity index (χ2v) is 5.94. The van der Waals surface area contributed by atoms with E-state index in [1.54, 1.807) is 12.1 Å². The summed E-state index contributed by atoms with van der Waals surface area (Å²) in [5.41, 5.74) is 0.679. The predicted molar refractivity (Wildman–Crippen MR) is 87.8 cm³/mol. The number of phenols is 1. The van der Waals surface area contributed by atoms with Gasteiger partial charge in [-0.3, -0.25) is 4.79 Å². The van der Waals surface area contributed by atoms with Crippen LogP contribution in [0.25, 0.3) is 6.08 Å². The van der Waals surface area contributed by atoms with Gasteiger partial charge >= 0.3 is 0 Å². The maximum Gasteiger partial charge on any atom is 0.262 e. The number of ether oxygens (including phenoxy) is 1. The molecule has 1 amide bonds. The van der Waals surface area contributed by atoms with E-state index in [2.05, 4.69) is 12.2 Å². The van der Waals surface area contributed by atoms with Gasteiger partial charge in [-0.2, -0.15) is 5.26 Å². The molecule has 5 heteroatoms. The molecule has 2 rings (SSSR count). The summed E-state index contributed by atoms with van der Waals surface area (Å²) in [4.78, 5) is 12.3. The first kappa shape index (κ1) is 16.9. The molecule has 0 aliphatic heterocycles.